The van der Waals surface area contributed by atoms with Crippen LogP contribution in [0.5, 0.6) is 0 Å². The molecule has 1 N–H and O–H groups in total. The number of anilines is 1. The largest absolute Gasteiger partial charge is 0.324 e. The molecule has 0 radical (unpaired) electrons. The van der Waals surface area contributed by atoms with Crippen LogP contribution in [-0.4, -0.2) is 17.1 Å². The van der Waals surface area contributed by atoms with Crippen LogP contribution in [0.4, 0.5) is 11.4 Å². The summed E-state index contributed by atoms with van der Waals surface area (Å²) in [6.45, 7) is 0. The Kier molecular flexibility index (Phi) is 3.39. The summed E-state index contributed by atoms with van der Waals surface area (Å²) in [4.78, 5) is 22.5. The number of nitro groups is 1. The molecule has 2 aromatic rings. The van der Waals surface area contributed by atoms with E-state index >= 15 is 0 Å². The first kappa shape index (κ1) is 13.6. The maximum atomic E-state index is 12.0. The number of nitrogens with zero attached hydrogens (tertiary/aromatic N) is 1. The lowest BCUT2D eigenvalue weighted by Crippen LogP contribution is -2.08. The van der Waals surface area contributed by atoms with Gasteiger partial charge >= 0.3 is 0 Å². The summed E-state index contributed by atoms with van der Waals surface area (Å²) in [5.41, 5.74) is 3.33. The highest BCUT2D eigenvalue weighted by Crippen LogP contribution is 2.44. The van der Waals surface area contributed by atoms with Crippen molar-refractivity contribution in [3.63, 3.8) is 0 Å². The van der Waals surface area contributed by atoms with Gasteiger partial charge in [-0.1, -0.05) is 24.3 Å². The van der Waals surface area contributed by atoms with Gasteiger partial charge in [0.1, 0.15) is 5.25 Å². The van der Waals surface area contributed by atoms with Gasteiger partial charge in [0.2, 0.25) is 5.91 Å². The van der Waals surface area contributed by atoms with E-state index in [-0.39, 0.29) is 16.8 Å². The number of carbonyl (C=O) groups is 1. The lowest BCUT2D eigenvalue weighted by Gasteiger charge is -2.11. The van der Waals surface area contributed by atoms with Gasteiger partial charge in [-0.25, -0.2) is 0 Å². The summed E-state index contributed by atoms with van der Waals surface area (Å²) in [7, 11) is 0. The molecule has 106 valence electrons. The number of non-ortho nitro benzene ring substituents is 1. The highest BCUT2D eigenvalue weighted by Gasteiger charge is 2.32. The van der Waals surface area contributed by atoms with Gasteiger partial charge < -0.3 is 5.32 Å². The van der Waals surface area contributed by atoms with Crippen molar-refractivity contribution in [2.24, 2.45) is 0 Å². The zero-order valence-corrected chi connectivity index (χ0v) is 12.0. The first-order valence-corrected chi connectivity index (χ1v) is 7.62. The van der Waals surface area contributed by atoms with E-state index in [1.165, 1.54) is 23.9 Å². The third-order valence-electron chi connectivity index (χ3n) is 3.47. The predicted octanol–water partition coefficient (Wildman–Crippen LogP) is 3.62. The van der Waals surface area contributed by atoms with Crippen LogP contribution in [0.15, 0.2) is 42.5 Å². The summed E-state index contributed by atoms with van der Waals surface area (Å²) in [6, 6.07) is 12.1. The van der Waals surface area contributed by atoms with Crippen LogP contribution < -0.4 is 5.32 Å². The van der Waals surface area contributed by atoms with Crippen LogP contribution in [-0.2, 0) is 4.79 Å². The van der Waals surface area contributed by atoms with E-state index in [1.807, 2.05) is 30.5 Å². The minimum absolute atomic E-state index is 0.0445. The molecule has 0 aliphatic carbocycles. The zero-order valence-electron chi connectivity index (χ0n) is 11.2. The van der Waals surface area contributed by atoms with Crippen molar-refractivity contribution >= 4 is 29.0 Å². The second kappa shape index (κ2) is 5.21. The number of thioether (sulfide) groups is 1. The standard InChI is InChI=1S/C15H12N2O3S/c1-21-14-13-11(6-3-7-12(13)16-15(14)18)9-4-2-5-10(8-9)17(19)20/h2-8,14H,1H3,(H,16,18). The summed E-state index contributed by atoms with van der Waals surface area (Å²) < 4.78 is 0. The molecule has 1 atom stereocenters. The Hall–Kier alpha value is -2.34. The lowest BCUT2D eigenvalue weighted by molar-refractivity contribution is -0.384. The summed E-state index contributed by atoms with van der Waals surface area (Å²) >= 11 is 1.46. The van der Waals surface area contributed by atoms with Gasteiger partial charge in [-0.2, -0.15) is 0 Å². The molecule has 0 saturated carbocycles. The minimum Gasteiger partial charge on any atom is -0.324 e. The molecule has 0 bridgehead atoms. The smallest absolute Gasteiger partial charge is 0.270 e. The zero-order chi connectivity index (χ0) is 15.0. The van der Waals surface area contributed by atoms with Crippen LogP contribution in [0.2, 0.25) is 0 Å². The highest BCUT2D eigenvalue weighted by atomic mass is 32.2. The highest BCUT2D eigenvalue weighted by molar-refractivity contribution is 7.99. The minimum atomic E-state index is -0.415. The van der Waals surface area contributed by atoms with E-state index < -0.39 is 4.92 Å². The normalized spacial score (nSPS) is 16.4. The third-order valence-corrected chi connectivity index (χ3v) is 4.39. The van der Waals surface area contributed by atoms with Crippen LogP contribution in [0.3, 0.4) is 0 Å². The van der Waals surface area contributed by atoms with E-state index in [4.69, 9.17) is 0 Å². The molecule has 3 rings (SSSR count). The number of benzene rings is 2. The average Bonchev–Trinajstić information content (AvgIpc) is 2.82. The lowest BCUT2D eigenvalue weighted by atomic mass is 9.97. The number of hydrogen-bond donors (Lipinski definition) is 1. The van der Waals surface area contributed by atoms with Crippen LogP contribution in [0.1, 0.15) is 10.8 Å². The Morgan fingerprint density at radius 2 is 2.00 bits per heavy atom. The fourth-order valence-electron chi connectivity index (χ4n) is 2.55. The molecule has 1 amide bonds. The second-order valence-electron chi connectivity index (χ2n) is 4.68. The van der Waals surface area contributed by atoms with Gasteiger partial charge in [-0.05, 0) is 23.4 Å². The maximum Gasteiger partial charge on any atom is 0.270 e. The molecule has 6 heteroatoms. The quantitative estimate of drug-likeness (QED) is 0.694. The number of fused-ring (bicyclic) bond motifs is 1. The maximum absolute atomic E-state index is 12.0. The van der Waals surface area contributed by atoms with Crippen molar-refractivity contribution in [2.45, 2.75) is 5.25 Å². The van der Waals surface area contributed by atoms with Gasteiger partial charge in [0.05, 0.1) is 4.92 Å². The van der Waals surface area contributed by atoms with E-state index in [0.29, 0.717) is 0 Å². The third kappa shape index (κ3) is 2.27. The summed E-state index contributed by atoms with van der Waals surface area (Å²) in [6.07, 6.45) is 1.88. The summed E-state index contributed by atoms with van der Waals surface area (Å²) in [5.74, 6) is -0.0459. The Morgan fingerprint density at radius 1 is 1.24 bits per heavy atom. The van der Waals surface area contributed by atoms with Crippen molar-refractivity contribution in [1.82, 2.24) is 0 Å². The van der Waals surface area contributed by atoms with Crippen LogP contribution in [0.25, 0.3) is 11.1 Å². The van der Waals surface area contributed by atoms with Crippen molar-refractivity contribution in [2.75, 3.05) is 11.6 Å². The Bertz CT molecular complexity index is 745. The van der Waals surface area contributed by atoms with Gasteiger partial charge in [0.15, 0.2) is 0 Å². The number of rotatable bonds is 3. The molecule has 1 heterocycles. The van der Waals surface area contributed by atoms with Crippen molar-refractivity contribution in [3.05, 3.63) is 58.1 Å². The molecule has 1 aliphatic rings. The Balaban J connectivity index is 2.17. The molecule has 1 aliphatic heterocycles. The predicted molar refractivity (Wildman–Crippen MR) is 83.4 cm³/mol. The van der Waals surface area contributed by atoms with Crippen molar-refractivity contribution in [3.8, 4) is 11.1 Å². The molecule has 2 aromatic carbocycles. The molecule has 0 spiro atoms. The van der Waals surface area contributed by atoms with E-state index in [9.17, 15) is 14.9 Å². The number of nitrogens with one attached hydrogen (secondary N) is 1. The topological polar surface area (TPSA) is 72.2 Å². The van der Waals surface area contributed by atoms with Gasteiger partial charge in [-0.15, -0.1) is 11.8 Å². The molecule has 0 aromatic heterocycles. The Labute approximate surface area is 125 Å². The molecular weight excluding hydrogens is 288 g/mol. The monoisotopic (exact) mass is 300 g/mol. The number of amides is 1. The SMILES string of the molecule is CSC1C(=O)Nc2cccc(-c3cccc([N+](=O)[O-])c3)c21. The van der Waals surface area contributed by atoms with Crippen molar-refractivity contribution < 1.29 is 9.72 Å². The van der Waals surface area contributed by atoms with Gasteiger partial charge in [-0.3, -0.25) is 14.9 Å². The number of hydrogen-bond acceptors (Lipinski definition) is 4. The molecular formula is C15H12N2O3S. The molecule has 21 heavy (non-hydrogen) atoms. The molecule has 0 saturated heterocycles. The number of nitro benzene ring substituents is 1. The van der Waals surface area contributed by atoms with E-state index in [0.717, 1.165) is 22.4 Å². The van der Waals surface area contributed by atoms with Crippen molar-refractivity contribution in [1.29, 1.82) is 0 Å². The fourth-order valence-corrected chi connectivity index (χ4v) is 3.31. The average molecular weight is 300 g/mol. The molecule has 0 fully saturated rings. The fraction of sp³-hybridized carbons (Fsp3) is 0.133. The van der Waals surface area contributed by atoms with Crippen LogP contribution in [0, 0.1) is 10.1 Å². The second-order valence-corrected chi connectivity index (χ2v) is 5.62. The first-order valence-electron chi connectivity index (χ1n) is 6.33. The van der Waals surface area contributed by atoms with Crippen LogP contribution >= 0.6 is 11.8 Å². The Morgan fingerprint density at radius 3 is 2.71 bits per heavy atom. The molecule has 1 unspecified atom stereocenters. The van der Waals surface area contributed by atoms with Gasteiger partial charge in [0, 0.05) is 23.4 Å². The van der Waals surface area contributed by atoms with Gasteiger partial charge in [0.25, 0.3) is 5.69 Å². The molecule has 5 nitrogen and oxygen atoms in total. The number of carbonyl (C=O) groups excluding carboxylic acids is 1. The van der Waals surface area contributed by atoms with E-state index in [1.54, 1.807) is 6.07 Å². The first-order chi connectivity index (χ1) is 10.1. The van der Waals surface area contributed by atoms with E-state index in [2.05, 4.69) is 5.32 Å². The summed E-state index contributed by atoms with van der Waals surface area (Å²) in [5, 5.41) is 13.5.